The molecule has 0 radical (unpaired) electrons. The van der Waals surface area contributed by atoms with Crippen molar-refractivity contribution in [1.29, 1.82) is 0 Å². The molecule has 4 rings (SSSR count). The molecule has 4 N–H and O–H groups in total. The summed E-state index contributed by atoms with van der Waals surface area (Å²) >= 11 is 7.57. The zero-order valence-electron chi connectivity index (χ0n) is 24.4. The maximum atomic E-state index is 13.4. The molecule has 1 unspecified atom stereocenters. The van der Waals surface area contributed by atoms with Crippen molar-refractivity contribution in [1.82, 2.24) is 5.43 Å². The molecule has 0 aliphatic rings. The Hall–Kier alpha value is -4.03. The Morgan fingerprint density at radius 3 is 2.14 bits per heavy atom. The molecule has 0 heterocycles. The quantitative estimate of drug-likeness (QED) is 0.125. The average Bonchev–Trinajstić information content (AvgIpc) is 2.99. The van der Waals surface area contributed by atoms with Gasteiger partial charge in [-0.3, -0.25) is 25.2 Å². The van der Waals surface area contributed by atoms with Gasteiger partial charge in [0.05, 0.1) is 21.6 Å². The standard InChI is InChI=1S/C32H33ClN4O5S2/c1-21-17-22(2)29(44(40,41)37-27-15-13-26(14-16-27)35-36-30(38)19-42-3)18-28(21)34-31(39)20-43-32(23-7-5-4-6-8-23)24-9-11-25(33)12-10-24/h4-18,32,35,37H,19-20H2,1-3H3,(H,34,39)(H,36,38). The third kappa shape index (κ3) is 8.99. The highest BCUT2D eigenvalue weighted by Crippen LogP contribution is 2.36. The number of amides is 2. The van der Waals surface area contributed by atoms with E-state index in [1.54, 1.807) is 37.3 Å². The minimum atomic E-state index is -3.99. The summed E-state index contributed by atoms with van der Waals surface area (Å²) in [4.78, 5) is 24.7. The van der Waals surface area contributed by atoms with Gasteiger partial charge in [0.2, 0.25) is 5.91 Å². The fraction of sp³-hybridized carbons (Fsp3) is 0.188. The number of hydrogen-bond donors (Lipinski definition) is 4. The van der Waals surface area contributed by atoms with Gasteiger partial charge in [0.15, 0.2) is 0 Å². The van der Waals surface area contributed by atoms with Crippen LogP contribution in [-0.4, -0.2) is 39.7 Å². The van der Waals surface area contributed by atoms with Crippen LogP contribution in [0.2, 0.25) is 5.02 Å². The van der Waals surface area contributed by atoms with Crippen molar-refractivity contribution < 1.29 is 22.7 Å². The summed E-state index contributed by atoms with van der Waals surface area (Å²) in [6.45, 7) is 3.42. The molecule has 12 heteroatoms. The minimum absolute atomic E-state index is 0.0448. The molecule has 0 aromatic heterocycles. The van der Waals surface area contributed by atoms with E-state index in [-0.39, 0.29) is 34.3 Å². The summed E-state index contributed by atoms with van der Waals surface area (Å²) in [5, 5.41) is 3.44. The predicted molar refractivity (Wildman–Crippen MR) is 178 cm³/mol. The number of methoxy groups -OCH3 is 1. The SMILES string of the molecule is COCC(=O)NNc1ccc(NS(=O)(=O)c2cc(NC(=O)CSC(c3ccccc3)c3ccc(Cl)cc3)c(C)cc2C)cc1. The van der Waals surface area contributed by atoms with Crippen LogP contribution in [0.15, 0.2) is 95.9 Å². The lowest BCUT2D eigenvalue weighted by Crippen LogP contribution is -2.32. The molecule has 4 aromatic carbocycles. The molecule has 0 aliphatic carbocycles. The molecule has 0 aliphatic heterocycles. The molecule has 0 spiro atoms. The number of rotatable bonds is 13. The number of carbonyl (C=O) groups is 2. The lowest BCUT2D eigenvalue weighted by atomic mass is 10.0. The molecule has 4 aromatic rings. The van der Waals surface area contributed by atoms with Crippen LogP contribution in [0.3, 0.4) is 0 Å². The Morgan fingerprint density at radius 1 is 0.841 bits per heavy atom. The molecule has 0 fully saturated rings. The highest BCUT2D eigenvalue weighted by Gasteiger charge is 2.21. The Kier molecular flexibility index (Phi) is 11.3. The average molecular weight is 653 g/mol. The van der Waals surface area contributed by atoms with E-state index in [4.69, 9.17) is 16.3 Å². The summed E-state index contributed by atoms with van der Waals surface area (Å²) in [6, 6.07) is 27.0. The highest BCUT2D eigenvalue weighted by atomic mass is 35.5. The zero-order chi connectivity index (χ0) is 31.7. The van der Waals surface area contributed by atoms with E-state index in [0.717, 1.165) is 16.7 Å². The Morgan fingerprint density at radius 2 is 1.48 bits per heavy atom. The van der Waals surface area contributed by atoms with Crippen molar-refractivity contribution in [2.24, 2.45) is 0 Å². The minimum Gasteiger partial charge on any atom is -0.375 e. The van der Waals surface area contributed by atoms with Gasteiger partial charge in [0.1, 0.15) is 6.61 Å². The molecule has 0 bridgehead atoms. The normalized spacial score (nSPS) is 11.8. The first kappa shape index (κ1) is 32.9. The lowest BCUT2D eigenvalue weighted by Gasteiger charge is -2.18. The van der Waals surface area contributed by atoms with Crippen LogP contribution in [0.25, 0.3) is 0 Å². The van der Waals surface area contributed by atoms with Gasteiger partial charge in [0, 0.05) is 23.5 Å². The van der Waals surface area contributed by atoms with Crippen LogP contribution >= 0.6 is 23.4 Å². The van der Waals surface area contributed by atoms with Crippen molar-refractivity contribution in [2.45, 2.75) is 24.0 Å². The molecular weight excluding hydrogens is 620 g/mol. The van der Waals surface area contributed by atoms with Crippen molar-refractivity contribution >= 4 is 62.3 Å². The van der Waals surface area contributed by atoms with E-state index in [1.165, 1.54) is 24.9 Å². The van der Waals surface area contributed by atoms with Crippen molar-refractivity contribution in [3.8, 4) is 0 Å². The van der Waals surface area contributed by atoms with Gasteiger partial charge in [0.25, 0.3) is 15.9 Å². The molecule has 0 saturated heterocycles. The molecule has 0 saturated carbocycles. The van der Waals surface area contributed by atoms with Gasteiger partial charge in [-0.2, -0.15) is 0 Å². The van der Waals surface area contributed by atoms with Gasteiger partial charge < -0.3 is 10.1 Å². The monoisotopic (exact) mass is 652 g/mol. The summed E-state index contributed by atoms with van der Waals surface area (Å²) in [5.74, 6) is -0.470. The van der Waals surface area contributed by atoms with E-state index in [9.17, 15) is 18.0 Å². The topological polar surface area (TPSA) is 126 Å². The van der Waals surface area contributed by atoms with Crippen LogP contribution in [0.4, 0.5) is 17.1 Å². The number of anilines is 3. The number of carbonyl (C=O) groups excluding carboxylic acids is 2. The van der Waals surface area contributed by atoms with Gasteiger partial charge in [-0.15, -0.1) is 11.8 Å². The Balaban J connectivity index is 1.45. The molecule has 44 heavy (non-hydrogen) atoms. The molecule has 1 atom stereocenters. The van der Waals surface area contributed by atoms with Crippen LogP contribution in [0.5, 0.6) is 0 Å². The Labute approximate surface area is 266 Å². The second-order valence-electron chi connectivity index (χ2n) is 9.92. The highest BCUT2D eigenvalue weighted by molar-refractivity contribution is 8.00. The van der Waals surface area contributed by atoms with Gasteiger partial charge in [-0.1, -0.05) is 60.1 Å². The first-order valence-electron chi connectivity index (χ1n) is 13.6. The number of ether oxygens (including phenoxy) is 1. The van der Waals surface area contributed by atoms with Gasteiger partial charge in [-0.05, 0) is 78.6 Å². The first-order valence-corrected chi connectivity index (χ1v) is 16.5. The smallest absolute Gasteiger partial charge is 0.264 e. The van der Waals surface area contributed by atoms with Gasteiger partial charge >= 0.3 is 0 Å². The van der Waals surface area contributed by atoms with Crippen molar-refractivity contribution in [2.75, 3.05) is 34.9 Å². The zero-order valence-corrected chi connectivity index (χ0v) is 26.8. The number of benzene rings is 4. The lowest BCUT2D eigenvalue weighted by molar-refractivity contribution is -0.124. The number of hydrazine groups is 1. The van der Waals surface area contributed by atoms with Crippen LogP contribution in [0, 0.1) is 13.8 Å². The third-order valence-corrected chi connectivity index (χ3v) is 9.58. The first-order chi connectivity index (χ1) is 21.1. The van der Waals surface area contributed by atoms with E-state index < -0.39 is 10.0 Å². The number of aryl methyl sites for hydroxylation is 2. The van der Waals surface area contributed by atoms with E-state index in [1.807, 2.05) is 61.5 Å². The molecular formula is C32H33ClN4O5S2. The predicted octanol–water partition coefficient (Wildman–Crippen LogP) is 6.31. The fourth-order valence-electron chi connectivity index (χ4n) is 4.39. The van der Waals surface area contributed by atoms with Crippen LogP contribution < -0.4 is 20.9 Å². The molecule has 9 nitrogen and oxygen atoms in total. The summed E-state index contributed by atoms with van der Waals surface area (Å²) in [6.07, 6.45) is 0. The number of nitrogens with one attached hydrogen (secondary N) is 4. The molecule has 2 amide bonds. The summed E-state index contributed by atoms with van der Waals surface area (Å²) in [5.41, 5.74) is 9.83. The summed E-state index contributed by atoms with van der Waals surface area (Å²) < 4.78 is 34.1. The van der Waals surface area contributed by atoms with Crippen molar-refractivity contribution in [3.05, 3.63) is 118 Å². The summed E-state index contributed by atoms with van der Waals surface area (Å²) in [7, 11) is -2.58. The van der Waals surface area contributed by atoms with Gasteiger partial charge in [-0.25, -0.2) is 8.42 Å². The maximum Gasteiger partial charge on any atom is 0.264 e. The van der Waals surface area contributed by atoms with E-state index in [2.05, 4.69) is 20.9 Å². The van der Waals surface area contributed by atoms with E-state index >= 15 is 0 Å². The van der Waals surface area contributed by atoms with Crippen LogP contribution in [-0.2, 0) is 24.3 Å². The number of hydrogen-bond acceptors (Lipinski definition) is 7. The number of halogens is 1. The van der Waals surface area contributed by atoms with Crippen LogP contribution in [0.1, 0.15) is 27.5 Å². The van der Waals surface area contributed by atoms with E-state index in [0.29, 0.717) is 27.6 Å². The maximum absolute atomic E-state index is 13.4. The largest absolute Gasteiger partial charge is 0.375 e. The number of thioether (sulfide) groups is 1. The second kappa shape index (κ2) is 15.1. The molecule has 230 valence electrons. The fourth-order valence-corrected chi connectivity index (χ4v) is 6.92. The second-order valence-corrected chi connectivity index (χ2v) is 13.1. The number of sulfonamides is 1. The van der Waals surface area contributed by atoms with Crippen molar-refractivity contribution in [3.63, 3.8) is 0 Å². The third-order valence-electron chi connectivity index (χ3n) is 6.50. The Bertz CT molecular complexity index is 1700.